The minimum Gasteiger partial charge on any atom is -0.348 e. The standard InChI is InChI=1S/C14H15N3O/c18-14(17-12-5-7-15-9-12)11-3-4-13-10(8-11)2-1-6-16-13/h1-4,6,8,12,15H,5,7,9H2,(H,17,18)/t12-/m0/s1. The van der Waals surface area contributed by atoms with Crippen LogP contribution in [0.1, 0.15) is 16.8 Å². The maximum Gasteiger partial charge on any atom is 0.251 e. The van der Waals surface area contributed by atoms with Gasteiger partial charge in [-0.3, -0.25) is 9.78 Å². The fourth-order valence-electron chi connectivity index (χ4n) is 2.26. The van der Waals surface area contributed by atoms with E-state index in [1.165, 1.54) is 0 Å². The van der Waals surface area contributed by atoms with Crippen LogP contribution < -0.4 is 10.6 Å². The van der Waals surface area contributed by atoms with E-state index in [2.05, 4.69) is 15.6 Å². The number of nitrogens with one attached hydrogen (secondary N) is 2. The van der Waals surface area contributed by atoms with Crippen LogP contribution in [-0.2, 0) is 0 Å². The first kappa shape index (κ1) is 11.2. The molecule has 0 spiro atoms. The van der Waals surface area contributed by atoms with Crippen molar-refractivity contribution in [2.75, 3.05) is 13.1 Å². The molecule has 1 aliphatic rings. The zero-order valence-corrected chi connectivity index (χ0v) is 10.0. The van der Waals surface area contributed by atoms with Gasteiger partial charge in [-0.25, -0.2) is 0 Å². The Hall–Kier alpha value is -1.94. The third-order valence-electron chi connectivity index (χ3n) is 3.26. The SMILES string of the molecule is O=C(N[C@H]1CCNC1)c1ccc2ncccc2c1. The number of carbonyl (C=O) groups is 1. The maximum absolute atomic E-state index is 12.1. The molecule has 0 bridgehead atoms. The molecule has 92 valence electrons. The van der Waals surface area contributed by atoms with Crippen molar-refractivity contribution < 1.29 is 4.79 Å². The van der Waals surface area contributed by atoms with E-state index in [1.54, 1.807) is 6.20 Å². The van der Waals surface area contributed by atoms with E-state index in [1.807, 2.05) is 30.3 Å². The molecule has 1 aromatic heterocycles. The van der Waals surface area contributed by atoms with Gasteiger partial charge in [-0.05, 0) is 37.2 Å². The van der Waals surface area contributed by atoms with Crippen LogP contribution in [0.4, 0.5) is 0 Å². The van der Waals surface area contributed by atoms with Crippen molar-refractivity contribution >= 4 is 16.8 Å². The van der Waals surface area contributed by atoms with Crippen molar-refractivity contribution in [3.8, 4) is 0 Å². The maximum atomic E-state index is 12.1. The average molecular weight is 241 g/mol. The van der Waals surface area contributed by atoms with Gasteiger partial charge >= 0.3 is 0 Å². The summed E-state index contributed by atoms with van der Waals surface area (Å²) >= 11 is 0. The molecule has 1 aliphatic heterocycles. The van der Waals surface area contributed by atoms with Gasteiger partial charge in [0.05, 0.1) is 5.52 Å². The second-order valence-corrected chi connectivity index (χ2v) is 4.57. The average Bonchev–Trinajstić information content (AvgIpc) is 2.91. The Morgan fingerprint density at radius 2 is 2.33 bits per heavy atom. The first-order valence-electron chi connectivity index (χ1n) is 6.19. The molecule has 1 atom stereocenters. The molecule has 1 saturated heterocycles. The van der Waals surface area contributed by atoms with Crippen LogP contribution in [0.5, 0.6) is 0 Å². The number of nitrogens with zero attached hydrogens (tertiary/aromatic N) is 1. The molecule has 2 heterocycles. The third-order valence-corrected chi connectivity index (χ3v) is 3.26. The molecule has 4 heteroatoms. The first-order chi connectivity index (χ1) is 8.83. The fourth-order valence-corrected chi connectivity index (χ4v) is 2.26. The number of rotatable bonds is 2. The minimum atomic E-state index is -0.00514. The molecule has 0 saturated carbocycles. The summed E-state index contributed by atoms with van der Waals surface area (Å²) < 4.78 is 0. The number of amides is 1. The zero-order chi connectivity index (χ0) is 12.4. The topological polar surface area (TPSA) is 54.0 Å². The number of carbonyl (C=O) groups excluding carboxylic acids is 1. The van der Waals surface area contributed by atoms with Gasteiger partial charge in [0, 0.05) is 29.7 Å². The highest BCUT2D eigenvalue weighted by molar-refractivity contribution is 5.98. The molecule has 18 heavy (non-hydrogen) atoms. The Morgan fingerprint density at radius 3 is 3.17 bits per heavy atom. The van der Waals surface area contributed by atoms with E-state index in [-0.39, 0.29) is 11.9 Å². The number of pyridine rings is 1. The van der Waals surface area contributed by atoms with E-state index in [4.69, 9.17) is 0 Å². The number of benzene rings is 1. The quantitative estimate of drug-likeness (QED) is 0.834. The van der Waals surface area contributed by atoms with Crippen LogP contribution in [0.25, 0.3) is 10.9 Å². The van der Waals surface area contributed by atoms with Crippen molar-refractivity contribution in [2.45, 2.75) is 12.5 Å². The van der Waals surface area contributed by atoms with Crippen molar-refractivity contribution in [2.24, 2.45) is 0 Å². The Balaban J connectivity index is 1.82. The van der Waals surface area contributed by atoms with Gasteiger partial charge in [0.15, 0.2) is 0 Å². The second kappa shape index (κ2) is 4.74. The summed E-state index contributed by atoms with van der Waals surface area (Å²) in [6.07, 6.45) is 2.76. The second-order valence-electron chi connectivity index (χ2n) is 4.57. The van der Waals surface area contributed by atoms with Gasteiger partial charge in [0.25, 0.3) is 5.91 Å². The van der Waals surface area contributed by atoms with Gasteiger partial charge in [-0.15, -0.1) is 0 Å². The van der Waals surface area contributed by atoms with Crippen LogP contribution in [-0.4, -0.2) is 30.0 Å². The Morgan fingerprint density at radius 1 is 1.39 bits per heavy atom. The lowest BCUT2D eigenvalue weighted by Crippen LogP contribution is -2.36. The predicted molar refractivity (Wildman–Crippen MR) is 70.5 cm³/mol. The monoisotopic (exact) mass is 241 g/mol. The molecule has 3 rings (SSSR count). The molecule has 1 amide bonds. The van der Waals surface area contributed by atoms with Crippen LogP contribution in [0, 0.1) is 0 Å². The van der Waals surface area contributed by atoms with Crippen molar-refractivity contribution in [3.63, 3.8) is 0 Å². The fraction of sp³-hybridized carbons (Fsp3) is 0.286. The van der Waals surface area contributed by atoms with Gasteiger partial charge in [0.2, 0.25) is 0 Å². The molecular formula is C14H15N3O. The Labute approximate surface area is 105 Å². The van der Waals surface area contributed by atoms with E-state index in [0.717, 1.165) is 30.4 Å². The van der Waals surface area contributed by atoms with E-state index in [9.17, 15) is 4.79 Å². The molecule has 1 fully saturated rings. The van der Waals surface area contributed by atoms with Crippen LogP contribution in [0.15, 0.2) is 36.5 Å². The minimum absolute atomic E-state index is 0.00514. The molecule has 2 aromatic rings. The van der Waals surface area contributed by atoms with Crippen LogP contribution in [0.2, 0.25) is 0 Å². The van der Waals surface area contributed by atoms with E-state index in [0.29, 0.717) is 5.56 Å². The number of aromatic nitrogens is 1. The summed E-state index contributed by atoms with van der Waals surface area (Å²) in [6, 6.07) is 9.70. The third kappa shape index (κ3) is 2.19. The summed E-state index contributed by atoms with van der Waals surface area (Å²) in [7, 11) is 0. The smallest absolute Gasteiger partial charge is 0.251 e. The summed E-state index contributed by atoms with van der Waals surface area (Å²) in [5, 5.41) is 7.27. The highest BCUT2D eigenvalue weighted by Crippen LogP contribution is 2.13. The lowest BCUT2D eigenvalue weighted by molar-refractivity contribution is 0.0940. The van der Waals surface area contributed by atoms with Gasteiger partial charge in [-0.2, -0.15) is 0 Å². The molecule has 1 aromatic carbocycles. The molecule has 0 aliphatic carbocycles. The largest absolute Gasteiger partial charge is 0.348 e. The van der Waals surface area contributed by atoms with Gasteiger partial charge < -0.3 is 10.6 Å². The summed E-state index contributed by atoms with van der Waals surface area (Å²) in [5.74, 6) is -0.00514. The molecule has 0 unspecified atom stereocenters. The zero-order valence-electron chi connectivity index (χ0n) is 10.0. The van der Waals surface area contributed by atoms with E-state index < -0.39 is 0 Å². The van der Waals surface area contributed by atoms with Crippen LogP contribution >= 0.6 is 0 Å². The Kier molecular flexibility index (Phi) is 2.94. The number of hydrogen-bond donors (Lipinski definition) is 2. The number of fused-ring (bicyclic) bond motifs is 1. The number of hydrogen-bond acceptors (Lipinski definition) is 3. The van der Waals surface area contributed by atoms with Gasteiger partial charge in [0.1, 0.15) is 0 Å². The lowest BCUT2D eigenvalue weighted by Gasteiger charge is -2.11. The van der Waals surface area contributed by atoms with Crippen molar-refractivity contribution in [3.05, 3.63) is 42.1 Å². The molecular weight excluding hydrogens is 226 g/mol. The molecule has 2 N–H and O–H groups in total. The molecule has 0 radical (unpaired) electrons. The molecule has 4 nitrogen and oxygen atoms in total. The van der Waals surface area contributed by atoms with Crippen molar-refractivity contribution in [1.29, 1.82) is 0 Å². The highest BCUT2D eigenvalue weighted by Gasteiger charge is 2.17. The Bertz CT molecular complexity index is 576. The van der Waals surface area contributed by atoms with E-state index >= 15 is 0 Å². The van der Waals surface area contributed by atoms with Gasteiger partial charge in [-0.1, -0.05) is 6.07 Å². The van der Waals surface area contributed by atoms with Crippen molar-refractivity contribution in [1.82, 2.24) is 15.6 Å². The summed E-state index contributed by atoms with van der Waals surface area (Å²) in [4.78, 5) is 16.3. The summed E-state index contributed by atoms with van der Waals surface area (Å²) in [5.41, 5.74) is 1.61. The first-order valence-corrected chi connectivity index (χ1v) is 6.19. The highest BCUT2D eigenvalue weighted by atomic mass is 16.1. The predicted octanol–water partition coefficient (Wildman–Crippen LogP) is 1.33. The lowest BCUT2D eigenvalue weighted by atomic mass is 10.1. The van der Waals surface area contributed by atoms with Crippen LogP contribution in [0.3, 0.4) is 0 Å². The summed E-state index contributed by atoms with van der Waals surface area (Å²) in [6.45, 7) is 1.84. The normalized spacial score (nSPS) is 19.0.